The van der Waals surface area contributed by atoms with Crippen LogP contribution in [-0.2, 0) is 7.05 Å². The molecular formula is C15H25N5. The van der Waals surface area contributed by atoms with Crippen molar-refractivity contribution < 1.29 is 0 Å². The van der Waals surface area contributed by atoms with Crippen LogP contribution in [0.1, 0.15) is 27.2 Å². The Balaban J connectivity index is 2.41. The molecule has 0 aliphatic carbocycles. The zero-order chi connectivity index (χ0) is 14.8. The van der Waals surface area contributed by atoms with Crippen molar-refractivity contribution in [3.8, 4) is 0 Å². The Morgan fingerprint density at radius 3 is 2.75 bits per heavy atom. The fraction of sp³-hybridized carbons (Fsp3) is 0.600. The minimum Gasteiger partial charge on any atom is -0.354 e. The number of hydrogen-bond acceptors (Lipinski definition) is 4. The first kappa shape index (κ1) is 14.8. The lowest BCUT2D eigenvalue weighted by molar-refractivity contribution is 0.377. The van der Waals surface area contributed by atoms with Crippen LogP contribution in [-0.4, -0.2) is 34.2 Å². The summed E-state index contributed by atoms with van der Waals surface area (Å²) < 4.78 is 2.03. The summed E-state index contributed by atoms with van der Waals surface area (Å²) in [6.07, 6.45) is 4.77. The average Bonchev–Trinajstić information content (AvgIpc) is 2.80. The van der Waals surface area contributed by atoms with Crippen LogP contribution in [0.2, 0.25) is 0 Å². The third kappa shape index (κ3) is 2.93. The highest BCUT2D eigenvalue weighted by atomic mass is 15.2. The van der Waals surface area contributed by atoms with E-state index >= 15 is 0 Å². The molecule has 0 aromatic carbocycles. The molecule has 0 unspecified atom stereocenters. The number of fused-ring (bicyclic) bond motifs is 1. The summed E-state index contributed by atoms with van der Waals surface area (Å²) in [6.45, 7) is 9.07. The fourth-order valence-electron chi connectivity index (χ4n) is 2.39. The minimum absolute atomic E-state index is 0.0633. The van der Waals surface area contributed by atoms with Gasteiger partial charge in [0.1, 0.15) is 5.52 Å². The van der Waals surface area contributed by atoms with Crippen LogP contribution in [0.5, 0.6) is 0 Å². The second-order valence-electron chi connectivity index (χ2n) is 6.15. The molecule has 2 rings (SSSR count). The number of rotatable bonds is 6. The van der Waals surface area contributed by atoms with Gasteiger partial charge in [-0.15, -0.1) is 0 Å². The average molecular weight is 275 g/mol. The number of aryl methyl sites for hydroxylation is 1. The Bertz CT molecular complexity index is 573. The molecule has 2 aromatic heterocycles. The van der Waals surface area contributed by atoms with Crippen molar-refractivity contribution in [3.05, 3.63) is 18.6 Å². The maximum atomic E-state index is 5.88. The summed E-state index contributed by atoms with van der Waals surface area (Å²) >= 11 is 0. The van der Waals surface area contributed by atoms with Gasteiger partial charge in [-0.3, -0.25) is 0 Å². The van der Waals surface area contributed by atoms with Crippen molar-refractivity contribution >= 4 is 16.9 Å². The molecule has 110 valence electrons. The number of pyridine rings is 1. The third-order valence-corrected chi connectivity index (χ3v) is 3.59. The lowest BCUT2D eigenvalue weighted by atomic mass is 9.93. The van der Waals surface area contributed by atoms with Crippen molar-refractivity contribution in [1.82, 2.24) is 14.5 Å². The highest BCUT2D eigenvalue weighted by Crippen LogP contribution is 2.26. The predicted octanol–water partition coefficient (Wildman–Crippen LogP) is 2.17. The van der Waals surface area contributed by atoms with E-state index in [4.69, 9.17) is 5.73 Å². The Hall–Kier alpha value is -1.62. The Morgan fingerprint density at radius 1 is 1.35 bits per heavy atom. The van der Waals surface area contributed by atoms with Gasteiger partial charge in [0.25, 0.3) is 0 Å². The first-order chi connectivity index (χ1) is 9.48. The number of nitrogens with two attached hydrogens (primary N) is 1. The van der Waals surface area contributed by atoms with Crippen molar-refractivity contribution in [1.29, 1.82) is 0 Å². The Morgan fingerprint density at radius 2 is 2.10 bits per heavy atom. The molecule has 2 N–H and O–H groups in total. The zero-order valence-corrected chi connectivity index (χ0v) is 12.9. The van der Waals surface area contributed by atoms with Gasteiger partial charge in [0.05, 0.1) is 11.8 Å². The quantitative estimate of drug-likeness (QED) is 0.877. The van der Waals surface area contributed by atoms with Crippen molar-refractivity contribution in [2.24, 2.45) is 18.2 Å². The number of imidazole rings is 1. The SMILES string of the molecule is CCCN(CC(C)(C)CN)c1nccc2c1ncn2C. The molecule has 5 nitrogen and oxygen atoms in total. The second kappa shape index (κ2) is 5.79. The zero-order valence-electron chi connectivity index (χ0n) is 12.9. The fourth-order valence-corrected chi connectivity index (χ4v) is 2.39. The molecule has 20 heavy (non-hydrogen) atoms. The van der Waals surface area contributed by atoms with Gasteiger partial charge >= 0.3 is 0 Å². The molecule has 2 heterocycles. The van der Waals surface area contributed by atoms with E-state index in [1.54, 1.807) is 0 Å². The summed E-state index contributed by atoms with van der Waals surface area (Å²) in [6, 6.07) is 2.00. The van der Waals surface area contributed by atoms with Crippen LogP contribution >= 0.6 is 0 Å². The van der Waals surface area contributed by atoms with Crippen molar-refractivity contribution in [2.45, 2.75) is 27.2 Å². The van der Waals surface area contributed by atoms with Gasteiger partial charge in [-0.2, -0.15) is 0 Å². The highest BCUT2D eigenvalue weighted by molar-refractivity contribution is 5.86. The second-order valence-corrected chi connectivity index (χ2v) is 6.15. The molecule has 0 amide bonds. The molecule has 5 heteroatoms. The van der Waals surface area contributed by atoms with E-state index < -0.39 is 0 Å². The summed E-state index contributed by atoms with van der Waals surface area (Å²) in [4.78, 5) is 11.4. The molecule has 0 spiro atoms. The molecule has 0 bridgehead atoms. The molecule has 0 saturated carbocycles. The Labute approximate surface area is 120 Å². The summed E-state index contributed by atoms with van der Waals surface area (Å²) in [5.41, 5.74) is 8.02. The monoisotopic (exact) mass is 275 g/mol. The summed E-state index contributed by atoms with van der Waals surface area (Å²) in [5.74, 6) is 0.964. The van der Waals surface area contributed by atoms with Gasteiger partial charge in [-0.05, 0) is 24.4 Å². The van der Waals surface area contributed by atoms with E-state index in [0.29, 0.717) is 6.54 Å². The summed E-state index contributed by atoms with van der Waals surface area (Å²) in [5, 5.41) is 0. The molecule has 0 radical (unpaired) electrons. The van der Waals surface area contributed by atoms with Crippen LogP contribution < -0.4 is 10.6 Å². The highest BCUT2D eigenvalue weighted by Gasteiger charge is 2.22. The third-order valence-electron chi connectivity index (χ3n) is 3.59. The predicted molar refractivity (Wildman–Crippen MR) is 83.8 cm³/mol. The van der Waals surface area contributed by atoms with Gasteiger partial charge in [0.15, 0.2) is 5.82 Å². The van der Waals surface area contributed by atoms with Crippen LogP contribution in [0.25, 0.3) is 11.0 Å². The topological polar surface area (TPSA) is 60.0 Å². The van der Waals surface area contributed by atoms with Gasteiger partial charge in [0, 0.05) is 26.3 Å². The maximum absolute atomic E-state index is 5.88. The van der Waals surface area contributed by atoms with E-state index in [-0.39, 0.29) is 5.41 Å². The molecule has 0 aliphatic rings. The first-order valence-corrected chi connectivity index (χ1v) is 7.19. The van der Waals surface area contributed by atoms with E-state index in [0.717, 1.165) is 36.4 Å². The molecule has 0 aliphatic heterocycles. The van der Waals surface area contributed by atoms with Crippen LogP contribution in [0, 0.1) is 5.41 Å². The van der Waals surface area contributed by atoms with Gasteiger partial charge in [-0.1, -0.05) is 20.8 Å². The van der Waals surface area contributed by atoms with Crippen molar-refractivity contribution in [3.63, 3.8) is 0 Å². The lowest BCUT2D eigenvalue weighted by Gasteiger charge is -2.32. The first-order valence-electron chi connectivity index (χ1n) is 7.19. The minimum atomic E-state index is 0.0633. The van der Waals surface area contributed by atoms with E-state index in [2.05, 4.69) is 35.6 Å². The maximum Gasteiger partial charge on any atom is 0.156 e. The van der Waals surface area contributed by atoms with Crippen LogP contribution in [0.4, 0.5) is 5.82 Å². The summed E-state index contributed by atoms with van der Waals surface area (Å²) in [7, 11) is 2.01. The number of anilines is 1. The molecule has 2 aromatic rings. The molecular weight excluding hydrogens is 250 g/mol. The molecule has 0 fully saturated rings. The largest absolute Gasteiger partial charge is 0.354 e. The Kier molecular flexibility index (Phi) is 4.28. The van der Waals surface area contributed by atoms with E-state index in [9.17, 15) is 0 Å². The molecule has 0 saturated heterocycles. The standard InChI is InChI=1S/C15H25N5/c1-5-8-20(10-15(2,3)9-16)14-13-12(6-7-17-14)19(4)11-18-13/h6-7,11H,5,8-10,16H2,1-4H3. The normalized spacial score (nSPS) is 12.1. The van der Waals surface area contributed by atoms with Gasteiger partial charge < -0.3 is 15.2 Å². The van der Waals surface area contributed by atoms with E-state index in [1.807, 2.05) is 30.2 Å². The smallest absolute Gasteiger partial charge is 0.156 e. The van der Waals surface area contributed by atoms with Crippen LogP contribution in [0.3, 0.4) is 0 Å². The lowest BCUT2D eigenvalue weighted by Crippen LogP contribution is -2.39. The van der Waals surface area contributed by atoms with Gasteiger partial charge in [0.2, 0.25) is 0 Å². The van der Waals surface area contributed by atoms with Crippen LogP contribution in [0.15, 0.2) is 18.6 Å². The van der Waals surface area contributed by atoms with E-state index in [1.165, 1.54) is 0 Å². The number of hydrogen-bond donors (Lipinski definition) is 1. The molecule has 0 atom stereocenters. The van der Waals surface area contributed by atoms with Crippen molar-refractivity contribution in [2.75, 3.05) is 24.5 Å². The number of nitrogens with zero attached hydrogens (tertiary/aromatic N) is 4. The number of aromatic nitrogens is 3. The van der Waals surface area contributed by atoms with Gasteiger partial charge in [-0.25, -0.2) is 9.97 Å².